The van der Waals surface area contributed by atoms with Crippen molar-refractivity contribution in [2.24, 2.45) is 0 Å². The smallest absolute Gasteiger partial charge is 0.108 e. The number of unbranched alkanes of at least 4 members (excludes halogenated alkanes) is 1. The van der Waals surface area contributed by atoms with Crippen molar-refractivity contribution >= 4 is 0 Å². The Morgan fingerprint density at radius 1 is 1.45 bits per heavy atom. The Balaban J connectivity index is 2.54. The average Bonchev–Trinajstić information content (AvgIpc) is 2.47. The maximum Gasteiger partial charge on any atom is 0.108 e. The zero-order valence-corrected chi connectivity index (χ0v) is 7.38. The second kappa shape index (κ2) is 4.16. The van der Waals surface area contributed by atoms with Gasteiger partial charge < -0.3 is 4.57 Å². The van der Waals surface area contributed by atoms with Gasteiger partial charge in [-0.05, 0) is 6.42 Å². The molecule has 1 aromatic heterocycles. The van der Waals surface area contributed by atoms with Gasteiger partial charge in [-0.3, -0.25) is 0 Å². The highest BCUT2D eigenvalue weighted by Gasteiger charge is 1.97. The van der Waals surface area contributed by atoms with Gasteiger partial charge in [0.15, 0.2) is 0 Å². The standard InChI is InChI=1S/C9H16N2/c1-3-5-7-11-8-6-10-9(11)4-2/h6,8H,3-5,7H2,1-2H3. The molecule has 2 heteroatoms. The average molecular weight is 152 g/mol. The van der Waals surface area contributed by atoms with E-state index in [9.17, 15) is 0 Å². The van der Waals surface area contributed by atoms with Crippen LogP contribution in [-0.4, -0.2) is 9.55 Å². The molecule has 62 valence electrons. The van der Waals surface area contributed by atoms with Gasteiger partial charge in [-0.25, -0.2) is 4.98 Å². The van der Waals surface area contributed by atoms with Crippen LogP contribution in [0.2, 0.25) is 0 Å². The van der Waals surface area contributed by atoms with Gasteiger partial charge in [-0.15, -0.1) is 0 Å². The molecule has 0 radical (unpaired) electrons. The lowest BCUT2D eigenvalue weighted by Crippen LogP contribution is -2.01. The topological polar surface area (TPSA) is 17.8 Å². The highest BCUT2D eigenvalue weighted by molar-refractivity contribution is 4.91. The Labute approximate surface area is 68.3 Å². The monoisotopic (exact) mass is 152 g/mol. The molecule has 0 unspecified atom stereocenters. The molecule has 1 heterocycles. The first-order chi connectivity index (χ1) is 5.38. The van der Waals surface area contributed by atoms with Gasteiger partial charge in [-0.2, -0.15) is 0 Å². The first-order valence-electron chi connectivity index (χ1n) is 4.38. The molecule has 0 aliphatic rings. The van der Waals surface area contributed by atoms with Gasteiger partial charge in [0.2, 0.25) is 0 Å². The van der Waals surface area contributed by atoms with Crippen molar-refractivity contribution in [2.75, 3.05) is 0 Å². The zero-order valence-electron chi connectivity index (χ0n) is 7.38. The first-order valence-corrected chi connectivity index (χ1v) is 4.38. The van der Waals surface area contributed by atoms with Gasteiger partial charge >= 0.3 is 0 Å². The molecule has 0 atom stereocenters. The summed E-state index contributed by atoms with van der Waals surface area (Å²) in [5.74, 6) is 1.21. The molecule has 1 rings (SSSR count). The van der Waals surface area contributed by atoms with E-state index in [0.717, 1.165) is 13.0 Å². The molecule has 0 saturated carbocycles. The van der Waals surface area contributed by atoms with E-state index in [1.165, 1.54) is 18.7 Å². The minimum Gasteiger partial charge on any atom is -0.335 e. The minimum atomic E-state index is 1.04. The van der Waals surface area contributed by atoms with Crippen LogP contribution in [0, 0.1) is 0 Å². The van der Waals surface area contributed by atoms with Gasteiger partial charge in [0.05, 0.1) is 0 Å². The first kappa shape index (κ1) is 8.31. The number of imidazole rings is 1. The van der Waals surface area contributed by atoms with Crippen molar-refractivity contribution < 1.29 is 0 Å². The van der Waals surface area contributed by atoms with Crippen LogP contribution in [0.1, 0.15) is 32.5 Å². The Bertz CT molecular complexity index is 203. The second-order valence-corrected chi connectivity index (χ2v) is 2.74. The summed E-state index contributed by atoms with van der Waals surface area (Å²) in [4.78, 5) is 4.25. The van der Waals surface area contributed by atoms with Crippen molar-refractivity contribution in [3.05, 3.63) is 18.2 Å². The summed E-state index contributed by atoms with van der Waals surface area (Å²) >= 11 is 0. The van der Waals surface area contributed by atoms with Crippen LogP contribution in [0.15, 0.2) is 12.4 Å². The van der Waals surface area contributed by atoms with Crippen molar-refractivity contribution in [3.63, 3.8) is 0 Å². The predicted molar refractivity (Wildman–Crippen MR) is 46.5 cm³/mol. The predicted octanol–water partition coefficient (Wildman–Crippen LogP) is 2.25. The molecule has 0 bridgehead atoms. The number of nitrogens with zero attached hydrogens (tertiary/aromatic N) is 2. The fourth-order valence-electron chi connectivity index (χ4n) is 1.19. The van der Waals surface area contributed by atoms with Crippen LogP contribution < -0.4 is 0 Å². The largest absolute Gasteiger partial charge is 0.335 e. The maximum absolute atomic E-state index is 4.25. The van der Waals surface area contributed by atoms with Crippen molar-refractivity contribution in [1.82, 2.24) is 9.55 Å². The molecule has 0 fully saturated rings. The van der Waals surface area contributed by atoms with Crippen LogP contribution in [0.3, 0.4) is 0 Å². The van der Waals surface area contributed by atoms with Crippen LogP contribution in [0.5, 0.6) is 0 Å². The molecule has 1 aromatic rings. The quantitative estimate of drug-likeness (QED) is 0.647. The number of hydrogen-bond acceptors (Lipinski definition) is 1. The van der Waals surface area contributed by atoms with Crippen molar-refractivity contribution in [2.45, 2.75) is 39.7 Å². The van der Waals surface area contributed by atoms with Gasteiger partial charge in [0, 0.05) is 25.4 Å². The molecule has 11 heavy (non-hydrogen) atoms. The third-order valence-electron chi connectivity index (χ3n) is 1.87. The van der Waals surface area contributed by atoms with Gasteiger partial charge in [-0.1, -0.05) is 20.3 Å². The molecule has 0 aliphatic carbocycles. The lowest BCUT2D eigenvalue weighted by atomic mass is 10.3. The van der Waals surface area contributed by atoms with Crippen LogP contribution in [-0.2, 0) is 13.0 Å². The summed E-state index contributed by atoms with van der Waals surface area (Å²) in [7, 11) is 0. The number of hydrogen-bond donors (Lipinski definition) is 0. The van der Waals surface area contributed by atoms with Gasteiger partial charge in [0.1, 0.15) is 5.82 Å². The highest BCUT2D eigenvalue weighted by Crippen LogP contribution is 2.00. The number of aryl methyl sites for hydroxylation is 2. The Morgan fingerprint density at radius 2 is 2.27 bits per heavy atom. The Kier molecular flexibility index (Phi) is 3.14. The second-order valence-electron chi connectivity index (χ2n) is 2.74. The Morgan fingerprint density at radius 3 is 2.91 bits per heavy atom. The molecule has 2 nitrogen and oxygen atoms in total. The summed E-state index contributed by atoms with van der Waals surface area (Å²) in [6.45, 7) is 5.48. The maximum atomic E-state index is 4.25. The molecule has 0 saturated heterocycles. The van der Waals surface area contributed by atoms with Crippen molar-refractivity contribution in [1.29, 1.82) is 0 Å². The summed E-state index contributed by atoms with van der Waals surface area (Å²) in [6, 6.07) is 0. The molecule has 0 spiro atoms. The zero-order chi connectivity index (χ0) is 8.10. The highest BCUT2D eigenvalue weighted by atomic mass is 15.1. The van der Waals surface area contributed by atoms with Crippen molar-refractivity contribution in [3.8, 4) is 0 Å². The molecular weight excluding hydrogens is 136 g/mol. The lowest BCUT2D eigenvalue weighted by molar-refractivity contribution is 0.606. The van der Waals surface area contributed by atoms with E-state index >= 15 is 0 Å². The van der Waals surface area contributed by atoms with E-state index < -0.39 is 0 Å². The molecule has 0 N–H and O–H groups in total. The summed E-state index contributed by atoms with van der Waals surface area (Å²) in [6.07, 6.45) is 7.49. The van der Waals surface area contributed by atoms with Crippen LogP contribution in [0.4, 0.5) is 0 Å². The van der Waals surface area contributed by atoms with Crippen LogP contribution >= 0.6 is 0 Å². The summed E-state index contributed by atoms with van der Waals surface area (Å²) < 4.78 is 2.24. The third kappa shape index (κ3) is 2.07. The van der Waals surface area contributed by atoms with E-state index in [1.54, 1.807) is 0 Å². The van der Waals surface area contributed by atoms with E-state index in [0.29, 0.717) is 0 Å². The normalized spacial score (nSPS) is 10.4. The SMILES string of the molecule is CCCCn1ccnc1CC. The fourth-order valence-corrected chi connectivity index (χ4v) is 1.19. The number of aromatic nitrogens is 2. The molecule has 0 aromatic carbocycles. The van der Waals surface area contributed by atoms with E-state index in [1.807, 2.05) is 6.20 Å². The summed E-state index contributed by atoms with van der Waals surface area (Å²) in [5, 5.41) is 0. The molecular formula is C9H16N2. The number of rotatable bonds is 4. The fraction of sp³-hybridized carbons (Fsp3) is 0.667. The molecule has 0 amide bonds. The minimum absolute atomic E-state index is 1.04. The van der Waals surface area contributed by atoms with E-state index in [2.05, 4.69) is 29.6 Å². The third-order valence-corrected chi connectivity index (χ3v) is 1.87. The molecule has 0 aliphatic heterocycles. The van der Waals surface area contributed by atoms with Crippen LogP contribution in [0.25, 0.3) is 0 Å². The summed E-state index contributed by atoms with van der Waals surface area (Å²) in [5.41, 5.74) is 0. The lowest BCUT2D eigenvalue weighted by Gasteiger charge is -2.03. The Hall–Kier alpha value is -0.790. The van der Waals surface area contributed by atoms with Gasteiger partial charge in [0.25, 0.3) is 0 Å². The van der Waals surface area contributed by atoms with E-state index in [-0.39, 0.29) is 0 Å². The van der Waals surface area contributed by atoms with E-state index in [4.69, 9.17) is 0 Å².